The highest BCUT2D eigenvalue weighted by Crippen LogP contribution is 2.37. The third-order valence-corrected chi connectivity index (χ3v) is 5.47. The Bertz CT molecular complexity index is 387. The standard InChI is InChI=1S/C21H35N/c1-2-3-4-5-6-7-8-9-18-10-12-19(13-11-18)20-14-16-21(22)17-15-20/h14-19H,2-13,22H2,1H3. The SMILES string of the molecule is CCCCCCCCCC1CCC(c2ccc(N)cc2)CC1. The van der Waals surface area contributed by atoms with Crippen LogP contribution in [0.15, 0.2) is 24.3 Å². The van der Waals surface area contributed by atoms with E-state index in [1.165, 1.54) is 82.6 Å². The number of nitrogen functional groups attached to an aromatic ring is 1. The number of unbranched alkanes of at least 4 members (excludes halogenated alkanes) is 6. The molecular formula is C21H35N. The number of benzene rings is 1. The second-order valence-electron chi connectivity index (χ2n) is 7.29. The Labute approximate surface area is 137 Å². The Kier molecular flexibility index (Phi) is 7.83. The van der Waals surface area contributed by atoms with E-state index in [0.717, 1.165) is 17.5 Å². The normalized spacial score (nSPS) is 21.9. The largest absolute Gasteiger partial charge is 0.399 e. The van der Waals surface area contributed by atoms with Crippen LogP contribution in [0.5, 0.6) is 0 Å². The minimum atomic E-state index is 0.783. The lowest BCUT2D eigenvalue weighted by atomic mass is 9.77. The lowest BCUT2D eigenvalue weighted by molar-refractivity contribution is 0.302. The minimum Gasteiger partial charge on any atom is -0.399 e. The molecule has 0 radical (unpaired) electrons. The minimum absolute atomic E-state index is 0.783. The molecule has 1 aliphatic rings. The van der Waals surface area contributed by atoms with Gasteiger partial charge in [-0.3, -0.25) is 0 Å². The third-order valence-electron chi connectivity index (χ3n) is 5.47. The van der Waals surface area contributed by atoms with Crippen LogP contribution in [0.4, 0.5) is 5.69 Å². The van der Waals surface area contributed by atoms with Gasteiger partial charge in [0.1, 0.15) is 0 Å². The van der Waals surface area contributed by atoms with Crippen LogP contribution in [0, 0.1) is 5.92 Å². The van der Waals surface area contributed by atoms with Gasteiger partial charge >= 0.3 is 0 Å². The zero-order valence-corrected chi connectivity index (χ0v) is 14.5. The van der Waals surface area contributed by atoms with Crippen LogP contribution in [0.2, 0.25) is 0 Å². The number of rotatable bonds is 9. The third kappa shape index (κ3) is 6.02. The van der Waals surface area contributed by atoms with Crippen molar-refractivity contribution in [3.05, 3.63) is 29.8 Å². The maximum Gasteiger partial charge on any atom is 0.0314 e. The Balaban J connectivity index is 1.56. The van der Waals surface area contributed by atoms with Gasteiger partial charge in [0.05, 0.1) is 0 Å². The Morgan fingerprint density at radius 3 is 2.05 bits per heavy atom. The van der Waals surface area contributed by atoms with E-state index in [1.807, 2.05) is 0 Å². The second kappa shape index (κ2) is 9.92. The molecule has 1 nitrogen and oxygen atoms in total. The van der Waals surface area contributed by atoms with Gasteiger partial charge in [-0.1, -0.05) is 70.4 Å². The molecule has 22 heavy (non-hydrogen) atoms. The summed E-state index contributed by atoms with van der Waals surface area (Å²) in [4.78, 5) is 0. The topological polar surface area (TPSA) is 26.0 Å². The Morgan fingerprint density at radius 2 is 1.41 bits per heavy atom. The van der Waals surface area contributed by atoms with Gasteiger partial charge in [-0.25, -0.2) is 0 Å². The average molecular weight is 302 g/mol. The first kappa shape index (κ1) is 17.4. The van der Waals surface area contributed by atoms with Crippen LogP contribution in [0.3, 0.4) is 0 Å². The molecule has 1 aliphatic carbocycles. The van der Waals surface area contributed by atoms with E-state index in [0.29, 0.717) is 0 Å². The Morgan fingerprint density at radius 1 is 0.818 bits per heavy atom. The quantitative estimate of drug-likeness (QED) is 0.399. The number of nitrogens with two attached hydrogens (primary N) is 1. The predicted octanol–water partition coefficient (Wildman–Crippen LogP) is 6.68. The summed E-state index contributed by atoms with van der Waals surface area (Å²) in [6.07, 6.45) is 17.2. The summed E-state index contributed by atoms with van der Waals surface area (Å²) in [5.74, 6) is 1.78. The molecule has 1 fully saturated rings. The van der Waals surface area contributed by atoms with E-state index in [2.05, 4.69) is 31.2 Å². The van der Waals surface area contributed by atoms with Crippen molar-refractivity contribution < 1.29 is 0 Å². The molecular weight excluding hydrogens is 266 g/mol. The summed E-state index contributed by atoms with van der Waals surface area (Å²) in [6, 6.07) is 8.58. The lowest BCUT2D eigenvalue weighted by Gasteiger charge is -2.29. The molecule has 0 heterocycles. The fourth-order valence-corrected chi connectivity index (χ4v) is 3.94. The predicted molar refractivity (Wildman–Crippen MR) is 98.2 cm³/mol. The lowest BCUT2D eigenvalue weighted by Crippen LogP contribution is -2.13. The molecule has 0 aromatic heterocycles. The van der Waals surface area contributed by atoms with Crippen LogP contribution in [-0.4, -0.2) is 0 Å². The van der Waals surface area contributed by atoms with E-state index >= 15 is 0 Å². The highest BCUT2D eigenvalue weighted by molar-refractivity contribution is 5.40. The fraction of sp³-hybridized carbons (Fsp3) is 0.714. The highest BCUT2D eigenvalue weighted by Gasteiger charge is 2.21. The molecule has 2 N–H and O–H groups in total. The van der Waals surface area contributed by atoms with E-state index in [4.69, 9.17) is 5.73 Å². The molecule has 0 unspecified atom stereocenters. The Hall–Kier alpha value is -0.980. The van der Waals surface area contributed by atoms with Crippen molar-refractivity contribution in [3.8, 4) is 0 Å². The van der Waals surface area contributed by atoms with Crippen molar-refractivity contribution >= 4 is 5.69 Å². The van der Waals surface area contributed by atoms with Crippen LogP contribution >= 0.6 is 0 Å². The van der Waals surface area contributed by atoms with Crippen molar-refractivity contribution in [1.29, 1.82) is 0 Å². The average Bonchev–Trinajstić information content (AvgIpc) is 2.55. The highest BCUT2D eigenvalue weighted by atomic mass is 14.5. The summed E-state index contributed by atoms with van der Waals surface area (Å²) >= 11 is 0. The monoisotopic (exact) mass is 301 g/mol. The van der Waals surface area contributed by atoms with Gasteiger partial charge < -0.3 is 5.73 Å². The molecule has 0 spiro atoms. The molecule has 124 valence electrons. The van der Waals surface area contributed by atoms with Crippen molar-refractivity contribution in [1.82, 2.24) is 0 Å². The van der Waals surface area contributed by atoms with Gasteiger partial charge in [0.2, 0.25) is 0 Å². The van der Waals surface area contributed by atoms with Gasteiger partial charge in [0.15, 0.2) is 0 Å². The summed E-state index contributed by atoms with van der Waals surface area (Å²) in [6.45, 7) is 2.29. The molecule has 1 aromatic rings. The van der Waals surface area contributed by atoms with Crippen molar-refractivity contribution in [2.45, 2.75) is 89.9 Å². The maximum absolute atomic E-state index is 5.78. The fourth-order valence-electron chi connectivity index (χ4n) is 3.94. The number of hydrogen-bond donors (Lipinski definition) is 1. The van der Waals surface area contributed by atoms with Gasteiger partial charge in [0.25, 0.3) is 0 Å². The first-order valence-electron chi connectivity index (χ1n) is 9.65. The van der Waals surface area contributed by atoms with Crippen LogP contribution in [0.1, 0.15) is 95.5 Å². The molecule has 1 aromatic carbocycles. The molecule has 1 saturated carbocycles. The van der Waals surface area contributed by atoms with Crippen LogP contribution in [0.25, 0.3) is 0 Å². The molecule has 0 bridgehead atoms. The van der Waals surface area contributed by atoms with Crippen molar-refractivity contribution in [2.75, 3.05) is 5.73 Å². The van der Waals surface area contributed by atoms with Gasteiger partial charge in [-0.15, -0.1) is 0 Å². The van der Waals surface area contributed by atoms with E-state index < -0.39 is 0 Å². The van der Waals surface area contributed by atoms with E-state index in [9.17, 15) is 0 Å². The van der Waals surface area contributed by atoms with Crippen LogP contribution in [-0.2, 0) is 0 Å². The molecule has 0 aliphatic heterocycles. The van der Waals surface area contributed by atoms with Crippen molar-refractivity contribution in [2.24, 2.45) is 5.92 Å². The van der Waals surface area contributed by atoms with E-state index in [1.54, 1.807) is 0 Å². The number of anilines is 1. The zero-order chi connectivity index (χ0) is 15.6. The maximum atomic E-state index is 5.78. The van der Waals surface area contributed by atoms with E-state index in [-0.39, 0.29) is 0 Å². The molecule has 0 amide bonds. The zero-order valence-electron chi connectivity index (χ0n) is 14.5. The summed E-state index contributed by atoms with van der Waals surface area (Å²) in [5, 5.41) is 0. The molecule has 0 saturated heterocycles. The van der Waals surface area contributed by atoms with Gasteiger partial charge in [-0.2, -0.15) is 0 Å². The molecule has 2 rings (SSSR count). The first-order valence-corrected chi connectivity index (χ1v) is 9.65. The van der Waals surface area contributed by atoms with Crippen LogP contribution < -0.4 is 5.73 Å². The molecule has 0 atom stereocenters. The van der Waals surface area contributed by atoms with Crippen molar-refractivity contribution in [3.63, 3.8) is 0 Å². The summed E-state index contributed by atoms with van der Waals surface area (Å²) in [7, 11) is 0. The summed E-state index contributed by atoms with van der Waals surface area (Å²) in [5.41, 5.74) is 8.17. The smallest absolute Gasteiger partial charge is 0.0314 e. The van der Waals surface area contributed by atoms with Gasteiger partial charge in [-0.05, 0) is 55.2 Å². The summed E-state index contributed by atoms with van der Waals surface area (Å²) < 4.78 is 0. The number of hydrogen-bond acceptors (Lipinski definition) is 1. The first-order chi connectivity index (χ1) is 10.8. The molecule has 1 heteroatoms. The second-order valence-corrected chi connectivity index (χ2v) is 7.29. The van der Waals surface area contributed by atoms with Gasteiger partial charge in [0, 0.05) is 5.69 Å².